The van der Waals surface area contributed by atoms with Crippen LogP contribution in [0.3, 0.4) is 0 Å². The Morgan fingerprint density at radius 2 is 2.05 bits per heavy atom. The number of rotatable bonds is 5. The molecule has 0 fully saturated rings. The lowest BCUT2D eigenvalue weighted by Crippen LogP contribution is -2.06. The van der Waals surface area contributed by atoms with E-state index in [9.17, 15) is 4.39 Å². The molecule has 0 bridgehead atoms. The summed E-state index contributed by atoms with van der Waals surface area (Å²) in [4.78, 5) is 0. The van der Waals surface area contributed by atoms with Crippen LogP contribution in [-0.2, 0) is 13.2 Å². The van der Waals surface area contributed by atoms with Crippen molar-refractivity contribution in [1.29, 1.82) is 5.26 Å². The number of nitrogens with zero attached hydrogens (tertiary/aromatic N) is 1. The molecule has 0 unspecified atom stereocenters. The van der Waals surface area contributed by atoms with Crippen molar-refractivity contribution >= 4 is 0 Å². The SMILES string of the molecule is CNCc1cc(F)cc(OCc2cccc(C#N)c2)c1. The van der Waals surface area contributed by atoms with Gasteiger partial charge in [-0.15, -0.1) is 0 Å². The quantitative estimate of drug-likeness (QED) is 0.908. The fraction of sp³-hybridized carbons (Fsp3) is 0.188. The van der Waals surface area contributed by atoms with Crippen LogP contribution in [0.15, 0.2) is 42.5 Å². The lowest BCUT2D eigenvalue weighted by Gasteiger charge is -2.09. The van der Waals surface area contributed by atoms with E-state index in [-0.39, 0.29) is 5.82 Å². The molecule has 3 nitrogen and oxygen atoms in total. The molecule has 0 aliphatic rings. The van der Waals surface area contributed by atoms with Crippen molar-refractivity contribution in [2.45, 2.75) is 13.2 Å². The van der Waals surface area contributed by atoms with Crippen molar-refractivity contribution in [1.82, 2.24) is 5.32 Å². The van der Waals surface area contributed by atoms with E-state index in [1.54, 1.807) is 31.3 Å². The Hall–Kier alpha value is -2.38. The number of ether oxygens (including phenoxy) is 1. The first kappa shape index (κ1) is 14.0. The molecule has 1 N–H and O–H groups in total. The van der Waals surface area contributed by atoms with E-state index in [1.807, 2.05) is 6.07 Å². The summed E-state index contributed by atoms with van der Waals surface area (Å²) in [6.07, 6.45) is 0. The Bertz CT molecular complexity index is 635. The molecule has 0 radical (unpaired) electrons. The van der Waals surface area contributed by atoms with E-state index in [0.717, 1.165) is 11.1 Å². The Morgan fingerprint density at radius 1 is 1.20 bits per heavy atom. The van der Waals surface area contributed by atoms with Crippen LogP contribution in [0.4, 0.5) is 4.39 Å². The molecule has 2 aromatic rings. The third kappa shape index (κ3) is 3.81. The van der Waals surface area contributed by atoms with Crippen LogP contribution in [0.5, 0.6) is 5.75 Å². The predicted octanol–water partition coefficient (Wildman–Crippen LogP) is 3.00. The maximum atomic E-state index is 13.4. The molecule has 0 aliphatic heterocycles. The first-order chi connectivity index (χ1) is 9.71. The van der Waals surface area contributed by atoms with Gasteiger partial charge in [0.2, 0.25) is 0 Å². The highest BCUT2D eigenvalue weighted by Crippen LogP contribution is 2.18. The van der Waals surface area contributed by atoms with Crippen molar-refractivity contribution in [2.75, 3.05) is 7.05 Å². The van der Waals surface area contributed by atoms with E-state index in [1.165, 1.54) is 12.1 Å². The molecule has 102 valence electrons. The molecule has 0 atom stereocenters. The maximum Gasteiger partial charge on any atom is 0.127 e. The van der Waals surface area contributed by atoms with Gasteiger partial charge in [-0.2, -0.15) is 5.26 Å². The van der Waals surface area contributed by atoms with Gasteiger partial charge in [0.25, 0.3) is 0 Å². The fourth-order valence-electron chi connectivity index (χ4n) is 1.91. The third-order valence-electron chi connectivity index (χ3n) is 2.77. The molecule has 0 spiro atoms. The first-order valence-corrected chi connectivity index (χ1v) is 6.27. The molecule has 20 heavy (non-hydrogen) atoms. The van der Waals surface area contributed by atoms with Gasteiger partial charge in [0, 0.05) is 12.6 Å². The Balaban J connectivity index is 2.08. The molecule has 0 saturated heterocycles. The summed E-state index contributed by atoms with van der Waals surface area (Å²) in [5.74, 6) is 0.163. The topological polar surface area (TPSA) is 45.0 Å². The second kappa shape index (κ2) is 6.69. The van der Waals surface area contributed by atoms with Crippen molar-refractivity contribution in [2.24, 2.45) is 0 Å². The standard InChI is InChI=1S/C16H15FN2O/c1-19-10-14-6-15(17)8-16(7-14)20-11-13-4-2-3-12(5-13)9-18/h2-8,19H,10-11H2,1H3. The highest BCUT2D eigenvalue weighted by molar-refractivity contribution is 5.33. The van der Waals surface area contributed by atoms with Gasteiger partial charge in [-0.3, -0.25) is 0 Å². The largest absolute Gasteiger partial charge is 0.489 e. The van der Waals surface area contributed by atoms with Gasteiger partial charge < -0.3 is 10.1 Å². The van der Waals surface area contributed by atoms with Crippen molar-refractivity contribution in [3.05, 3.63) is 65.0 Å². The molecule has 0 amide bonds. The number of benzene rings is 2. The van der Waals surface area contributed by atoms with Crippen LogP contribution in [0.2, 0.25) is 0 Å². The average Bonchev–Trinajstić information content (AvgIpc) is 2.45. The minimum absolute atomic E-state index is 0.304. The normalized spacial score (nSPS) is 10.1. The van der Waals surface area contributed by atoms with Crippen LogP contribution in [0.25, 0.3) is 0 Å². The van der Waals surface area contributed by atoms with Crippen molar-refractivity contribution in [3.8, 4) is 11.8 Å². The number of hydrogen-bond acceptors (Lipinski definition) is 3. The summed E-state index contributed by atoms with van der Waals surface area (Å²) < 4.78 is 19.0. The lowest BCUT2D eigenvalue weighted by atomic mass is 10.1. The minimum Gasteiger partial charge on any atom is -0.489 e. The van der Waals surface area contributed by atoms with Gasteiger partial charge in [-0.1, -0.05) is 12.1 Å². The van der Waals surface area contributed by atoms with Gasteiger partial charge in [0.15, 0.2) is 0 Å². The van der Waals surface area contributed by atoms with Crippen LogP contribution in [0, 0.1) is 17.1 Å². The summed E-state index contributed by atoms with van der Waals surface area (Å²) in [6, 6.07) is 13.9. The Kier molecular flexibility index (Phi) is 4.70. The van der Waals surface area contributed by atoms with Crippen LogP contribution >= 0.6 is 0 Å². The molecule has 2 aromatic carbocycles. The van der Waals surface area contributed by atoms with Crippen LogP contribution < -0.4 is 10.1 Å². The van der Waals surface area contributed by atoms with Gasteiger partial charge in [-0.25, -0.2) is 4.39 Å². The van der Waals surface area contributed by atoms with E-state index in [0.29, 0.717) is 24.5 Å². The number of hydrogen-bond donors (Lipinski definition) is 1. The fourth-order valence-corrected chi connectivity index (χ4v) is 1.91. The number of nitrogens with one attached hydrogen (secondary N) is 1. The highest BCUT2D eigenvalue weighted by Gasteiger charge is 2.03. The first-order valence-electron chi connectivity index (χ1n) is 6.27. The smallest absolute Gasteiger partial charge is 0.127 e. The molecule has 2 rings (SSSR count). The van der Waals surface area contributed by atoms with Gasteiger partial charge in [0.1, 0.15) is 18.2 Å². The minimum atomic E-state index is -0.321. The molecule has 0 heterocycles. The van der Waals surface area contributed by atoms with E-state index in [4.69, 9.17) is 10.00 Å². The summed E-state index contributed by atoms with van der Waals surface area (Å²) in [6.45, 7) is 0.885. The molecule has 0 aliphatic carbocycles. The summed E-state index contributed by atoms with van der Waals surface area (Å²) in [5.41, 5.74) is 2.29. The van der Waals surface area contributed by atoms with Crippen LogP contribution in [0.1, 0.15) is 16.7 Å². The second-order valence-electron chi connectivity index (χ2n) is 4.43. The maximum absolute atomic E-state index is 13.4. The van der Waals surface area contributed by atoms with E-state index in [2.05, 4.69) is 11.4 Å². The van der Waals surface area contributed by atoms with E-state index < -0.39 is 0 Å². The average molecular weight is 270 g/mol. The molecule has 4 heteroatoms. The summed E-state index contributed by atoms with van der Waals surface area (Å²) >= 11 is 0. The monoisotopic (exact) mass is 270 g/mol. The number of nitriles is 1. The highest BCUT2D eigenvalue weighted by atomic mass is 19.1. The van der Waals surface area contributed by atoms with Crippen molar-refractivity contribution in [3.63, 3.8) is 0 Å². The predicted molar refractivity (Wildman–Crippen MR) is 74.7 cm³/mol. The lowest BCUT2D eigenvalue weighted by molar-refractivity contribution is 0.304. The zero-order valence-corrected chi connectivity index (χ0v) is 11.2. The summed E-state index contributed by atoms with van der Waals surface area (Å²) in [5, 5.41) is 11.8. The van der Waals surface area contributed by atoms with Gasteiger partial charge in [0.05, 0.1) is 11.6 Å². The Morgan fingerprint density at radius 3 is 2.80 bits per heavy atom. The number of halogens is 1. The second-order valence-corrected chi connectivity index (χ2v) is 4.43. The molecule has 0 aromatic heterocycles. The zero-order chi connectivity index (χ0) is 14.4. The summed E-state index contributed by atoms with van der Waals surface area (Å²) in [7, 11) is 1.80. The van der Waals surface area contributed by atoms with Gasteiger partial charge in [-0.05, 0) is 42.4 Å². The van der Waals surface area contributed by atoms with Gasteiger partial charge >= 0.3 is 0 Å². The third-order valence-corrected chi connectivity index (χ3v) is 2.77. The molecular weight excluding hydrogens is 255 g/mol. The zero-order valence-electron chi connectivity index (χ0n) is 11.2. The molecule has 0 saturated carbocycles. The van der Waals surface area contributed by atoms with Crippen LogP contribution in [-0.4, -0.2) is 7.05 Å². The Labute approximate surface area is 117 Å². The van der Waals surface area contributed by atoms with Crippen molar-refractivity contribution < 1.29 is 9.13 Å². The molecular formula is C16H15FN2O. The van der Waals surface area contributed by atoms with E-state index >= 15 is 0 Å².